The topological polar surface area (TPSA) is 3.24 Å². The molecule has 6 heteroatoms. The van der Waals surface area contributed by atoms with Gasteiger partial charge in [0.05, 0.1) is 0 Å². The molecule has 14 heavy (non-hydrogen) atoms. The molecule has 0 spiro atoms. The molecule has 1 nitrogen and oxygen atoms in total. The van der Waals surface area contributed by atoms with Gasteiger partial charge in [0, 0.05) is 0 Å². The van der Waals surface area contributed by atoms with Crippen molar-refractivity contribution in [3.63, 3.8) is 0 Å². The summed E-state index contributed by atoms with van der Waals surface area (Å²) in [6, 6.07) is 0. The van der Waals surface area contributed by atoms with Crippen LogP contribution in [0.1, 0.15) is 19.8 Å². The van der Waals surface area contributed by atoms with Crippen LogP contribution >= 0.6 is 0 Å². The van der Waals surface area contributed by atoms with Crippen LogP contribution in [0, 0.1) is 0 Å². The number of hydrogen-bond donors (Lipinski definition) is 0. The first-order valence-electron chi connectivity index (χ1n) is 4.44. The average molecular weight is 233 g/mol. The van der Waals surface area contributed by atoms with Crippen LogP contribution in [0.15, 0.2) is 12.1 Å². The van der Waals surface area contributed by atoms with E-state index in [4.69, 9.17) is 0 Å². The van der Waals surface area contributed by atoms with Crippen molar-refractivity contribution in [1.82, 2.24) is 4.90 Å². The molecule has 0 bridgehead atoms. The Kier molecular flexibility index (Phi) is 10.5. The summed E-state index contributed by atoms with van der Waals surface area (Å²) in [5, 5.41) is 0. The monoisotopic (exact) mass is 233 g/mol. The van der Waals surface area contributed by atoms with Crippen LogP contribution < -0.4 is 51.4 Å². The molecule has 0 saturated carbocycles. The summed E-state index contributed by atoms with van der Waals surface area (Å²) in [6.45, 7) is 0.819. The first kappa shape index (κ1) is 17.6. The van der Waals surface area contributed by atoms with E-state index in [1.807, 2.05) is 6.92 Å². The van der Waals surface area contributed by atoms with E-state index in [0.29, 0.717) is 6.54 Å². The van der Waals surface area contributed by atoms with Crippen molar-refractivity contribution in [3.05, 3.63) is 12.1 Å². The summed E-state index contributed by atoms with van der Waals surface area (Å²) in [6.07, 6.45) is 1.92. The zero-order chi connectivity index (χ0) is 10.5. The number of rotatable bonds is 6. The molecule has 0 aliphatic carbocycles. The second-order valence-corrected chi connectivity index (χ2v) is 3.32. The molecule has 0 amide bonds. The van der Waals surface area contributed by atoms with Crippen molar-refractivity contribution in [3.8, 4) is 0 Å². The molecule has 0 aromatic rings. The Morgan fingerprint density at radius 3 is 2.21 bits per heavy atom. The largest absolute Gasteiger partial charge is 1.00 e. The van der Waals surface area contributed by atoms with E-state index in [0.717, 1.165) is 12.8 Å². The summed E-state index contributed by atoms with van der Waals surface area (Å²) >= 11 is 0. The fraction of sp³-hybridized carbons (Fsp3) is 0.750. The van der Waals surface area contributed by atoms with Crippen molar-refractivity contribution in [1.29, 1.82) is 0 Å². The molecule has 78 valence electrons. The third-order valence-electron chi connectivity index (χ3n) is 1.83. The minimum atomic E-state index is -4.86. The Bertz CT molecular complexity index is 172. The van der Waals surface area contributed by atoms with Gasteiger partial charge < -0.3 is 17.8 Å². The van der Waals surface area contributed by atoms with Gasteiger partial charge in [-0.2, -0.15) is 0 Å². The number of unbranched alkanes of at least 4 members (excludes halogenated alkanes) is 1. The van der Waals surface area contributed by atoms with Crippen LogP contribution in [0.4, 0.5) is 12.9 Å². The zero-order valence-electron chi connectivity index (χ0n) is 9.19. The Labute approximate surface area is 127 Å². The van der Waals surface area contributed by atoms with Gasteiger partial charge in [-0.1, -0.05) is 13.3 Å². The molecule has 0 aromatic heterocycles. The van der Waals surface area contributed by atoms with Crippen LogP contribution in [0.3, 0.4) is 0 Å². The molecule has 0 aliphatic heterocycles. The fourth-order valence-corrected chi connectivity index (χ4v) is 0.957. The van der Waals surface area contributed by atoms with Crippen LogP contribution in [0.5, 0.6) is 0 Å². The molecule has 0 aliphatic rings. The number of nitrogens with zero attached hydrogens (tertiary/aromatic N) is 1. The van der Waals surface area contributed by atoms with Crippen molar-refractivity contribution < 1.29 is 64.3 Å². The van der Waals surface area contributed by atoms with Crippen molar-refractivity contribution in [2.45, 2.75) is 19.8 Å². The second-order valence-electron chi connectivity index (χ2n) is 3.32. The van der Waals surface area contributed by atoms with Crippen molar-refractivity contribution >= 4 is 6.98 Å². The molecular formula is C8H16BF3KN. The summed E-state index contributed by atoms with van der Waals surface area (Å²) in [5.74, 6) is 0. The summed E-state index contributed by atoms with van der Waals surface area (Å²) in [4.78, 5) is 1.65. The first-order valence-corrected chi connectivity index (χ1v) is 4.44. The predicted molar refractivity (Wildman–Crippen MR) is 50.6 cm³/mol. The number of likely N-dealkylation sites (N-methyl/N-ethyl adjacent to an activating group) is 1. The normalized spacial score (nSPS) is 11.3. The standard InChI is InChI=1S/C8H16BF3N.K/c1-4-5-6-13(3)7-8(2)9(10,11)12;/h2,4-7H2,1,3H3;/q-1;+1. The van der Waals surface area contributed by atoms with E-state index in [1.54, 1.807) is 11.9 Å². The maximum atomic E-state index is 12.1. The third kappa shape index (κ3) is 8.50. The molecule has 0 rings (SSSR count). The zero-order valence-corrected chi connectivity index (χ0v) is 12.3. The van der Waals surface area contributed by atoms with Gasteiger partial charge in [-0.25, -0.2) is 0 Å². The van der Waals surface area contributed by atoms with Gasteiger partial charge in [0.2, 0.25) is 0 Å². The minimum absolute atomic E-state index is 0. The van der Waals surface area contributed by atoms with Crippen LogP contribution in [0.2, 0.25) is 0 Å². The predicted octanol–water partition coefficient (Wildman–Crippen LogP) is -0.335. The SMILES string of the molecule is C=C(CN(C)CCCC)[B-](F)(F)F.[K+]. The molecule has 0 saturated heterocycles. The van der Waals surface area contributed by atoms with Crippen LogP contribution in [-0.2, 0) is 0 Å². The van der Waals surface area contributed by atoms with E-state index in [-0.39, 0.29) is 57.9 Å². The Balaban J connectivity index is 0. The fourth-order valence-electron chi connectivity index (χ4n) is 0.957. The van der Waals surface area contributed by atoms with Gasteiger partial charge in [0.15, 0.2) is 0 Å². The van der Waals surface area contributed by atoms with Crippen LogP contribution in [-0.4, -0.2) is 32.0 Å². The summed E-state index contributed by atoms with van der Waals surface area (Å²) in [5.41, 5.74) is -0.612. The maximum Gasteiger partial charge on any atom is 1.00 e. The molecule has 0 atom stereocenters. The van der Waals surface area contributed by atoms with Gasteiger partial charge in [0.1, 0.15) is 0 Å². The Morgan fingerprint density at radius 1 is 1.36 bits per heavy atom. The Hall–Kier alpha value is 1.19. The molecule has 0 heterocycles. The van der Waals surface area contributed by atoms with E-state index in [2.05, 4.69) is 6.58 Å². The van der Waals surface area contributed by atoms with E-state index in [1.165, 1.54) is 0 Å². The second kappa shape index (κ2) is 8.36. The first-order chi connectivity index (χ1) is 5.88. The quantitative estimate of drug-likeness (QED) is 0.567. The van der Waals surface area contributed by atoms with E-state index < -0.39 is 12.4 Å². The Morgan fingerprint density at radius 2 is 1.86 bits per heavy atom. The smallest absolute Gasteiger partial charge is 0.445 e. The van der Waals surface area contributed by atoms with Gasteiger partial charge in [-0.3, -0.25) is 0 Å². The van der Waals surface area contributed by atoms with Crippen LogP contribution in [0.25, 0.3) is 0 Å². The molecule has 0 radical (unpaired) electrons. The molecular weight excluding hydrogens is 217 g/mol. The van der Waals surface area contributed by atoms with Crippen molar-refractivity contribution in [2.24, 2.45) is 0 Å². The summed E-state index contributed by atoms with van der Waals surface area (Å²) < 4.78 is 36.2. The minimum Gasteiger partial charge on any atom is -0.445 e. The van der Waals surface area contributed by atoms with E-state index >= 15 is 0 Å². The number of halogens is 3. The molecule has 0 N–H and O–H groups in total. The van der Waals surface area contributed by atoms with Crippen molar-refractivity contribution in [2.75, 3.05) is 20.1 Å². The molecule has 0 unspecified atom stereocenters. The molecule has 0 aromatic carbocycles. The number of hydrogen-bond acceptors (Lipinski definition) is 1. The maximum absolute atomic E-state index is 12.1. The van der Waals surface area contributed by atoms with Gasteiger partial charge in [0.25, 0.3) is 0 Å². The van der Waals surface area contributed by atoms with Gasteiger partial charge >= 0.3 is 58.4 Å². The van der Waals surface area contributed by atoms with Gasteiger partial charge in [-0.05, 0) is 26.6 Å². The van der Waals surface area contributed by atoms with Gasteiger partial charge in [-0.15, -0.1) is 12.1 Å². The summed E-state index contributed by atoms with van der Waals surface area (Å²) in [7, 11) is 1.68. The van der Waals surface area contributed by atoms with E-state index in [9.17, 15) is 12.9 Å². The molecule has 0 fully saturated rings. The third-order valence-corrected chi connectivity index (χ3v) is 1.83. The average Bonchev–Trinajstić information content (AvgIpc) is 1.99.